The van der Waals surface area contributed by atoms with Gasteiger partial charge < -0.3 is 24.8 Å². The van der Waals surface area contributed by atoms with Gasteiger partial charge in [-0.05, 0) is 25.1 Å². The van der Waals surface area contributed by atoms with E-state index < -0.39 is 0 Å². The summed E-state index contributed by atoms with van der Waals surface area (Å²) in [4.78, 5) is 7.09. The lowest BCUT2D eigenvalue weighted by atomic mass is 10.2. The van der Waals surface area contributed by atoms with Gasteiger partial charge in [0.1, 0.15) is 24.7 Å². The summed E-state index contributed by atoms with van der Waals surface area (Å²) in [6, 6.07) is 17.9. The summed E-state index contributed by atoms with van der Waals surface area (Å²) < 4.78 is 17.2. The van der Waals surface area contributed by atoms with E-state index in [4.69, 9.17) is 19.2 Å². The number of nitrogens with zero attached hydrogens (tertiary/aromatic N) is 2. The molecule has 8 heteroatoms. The fourth-order valence-corrected chi connectivity index (χ4v) is 3.25. The zero-order valence-electron chi connectivity index (χ0n) is 18.8. The van der Waals surface area contributed by atoms with Crippen molar-refractivity contribution in [2.45, 2.75) is 13.5 Å². The molecule has 2 aromatic rings. The Hall–Kier alpha value is -2.04. The maximum atomic E-state index is 6.07. The predicted molar refractivity (Wildman–Crippen MR) is 139 cm³/mol. The SMILES string of the molecule is CCNC(=NCc1ccccc1OCCN1CCOCC1)NCCOc1ccccc1.I. The van der Waals surface area contributed by atoms with Crippen molar-refractivity contribution in [1.82, 2.24) is 15.5 Å². The minimum atomic E-state index is 0. The Labute approximate surface area is 208 Å². The quantitative estimate of drug-likeness (QED) is 0.193. The highest BCUT2D eigenvalue weighted by molar-refractivity contribution is 14.0. The molecule has 0 aliphatic carbocycles. The molecule has 1 aliphatic rings. The van der Waals surface area contributed by atoms with E-state index in [1.165, 1.54) is 0 Å². The summed E-state index contributed by atoms with van der Waals surface area (Å²) >= 11 is 0. The van der Waals surface area contributed by atoms with Crippen molar-refractivity contribution in [2.75, 3.05) is 59.2 Å². The van der Waals surface area contributed by atoms with Gasteiger partial charge in [0.25, 0.3) is 0 Å². The highest BCUT2D eigenvalue weighted by Crippen LogP contribution is 2.19. The molecule has 1 fully saturated rings. The lowest BCUT2D eigenvalue weighted by Gasteiger charge is -2.26. The molecule has 32 heavy (non-hydrogen) atoms. The van der Waals surface area contributed by atoms with Gasteiger partial charge in [0.15, 0.2) is 5.96 Å². The van der Waals surface area contributed by atoms with Gasteiger partial charge in [0.05, 0.1) is 26.3 Å². The maximum Gasteiger partial charge on any atom is 0.191 e. The standard InChI is InChI=1S/C24H34N4O3.HI/c1-2-25-24(26-12-16-30-22-9-4-3-5-10-22)27-20-21-8-6-7-11-23(21)31-19-15-28-13-17-29-18-14-28;/h3-11H,2,12-20H2,1H3,(H2,25,26,27);1H. The number of ether oxygens (including phenoxy) is 3. The van der Waals surface area contributed by atoms with Crippen molar-refractivity contribution >= 4 is 29.9 Å². The molecule has 0 atom stereocenters. The summed E-state index contributed by atoms with van der Waals surface area (Å²) in [5.41, 5.74) is 1.07. The van der Waals surface area contributed by atoms with Gasteiger partial charge in [-0.2, -0.15) is 0 Å². The molecule has 0 saturated carbocycles. The monoisotopic (exact) mass is 554 g/mol. The van der Waals surface area contributed by atoms with E-state index in [0.29, 0.717) is 26.3 Å². The number of para-hydroxylation sites is 2. The second-order valence-corrected chi connectivity index (χ2v) is 7.19. The van der Waals surface area contributed by atoms with E-state index in [0.717, 1.165) is 62.4 Å². The first-order valence-corrected chi connectivity index (χ1v) is 11.1. The second kappa shape index (κ2) is 15.7. The molecule has 1 saturated heterocycles. The fourth-order valence-electron chi connectivity index (χ4n) is 3.25. The fraction of sp³-hybridized carbons (Fsp3) is 0.458. The second-order valence-electron chi connectivity index (χ2n) is 7.19. The van der Waals surface area contributed by atoms with Gasteiger partial charge in [-0.1, -0.05) is 36.4 Å². The van der Waals surface area contributed by atoms with Crippen LogP contribution < -0.4 is 20.1 Å². The Bertz CT molecular complexity index is 786. The van der Waals surface area contributed by atoms with Crippen LogP contribution in [-0.4, -0.2) is 70.0 Å². The summed E-state index contributed by atoms with van der Waals surface area (Å²) in [6.07, 6.45) is 0. The molecule has 1 heterocycles. The number of halogens is 1. The minimum absolute atomic E-state index is 0. The third kappa shape index (κ3) is 9.62. The van der Waals surface area contributed by atoms with Crippen LogP contribution in [0.2, 0.25) is 0 Å². The molecular formula is C24H35IN4O3. The topological polar surface area (TPSA) is 67.4 Å². The molecule has 0 unspecified atom stereocenters. The number of nitrogens with one attached hydrogen (secondary N) is 2. The molecule has 0 spiro atoms. The Morgan fingerprint density at radius 2 is 1.72 bits per heavy atom. The number of aliphatic imine (C=N–C) groups is 1. The highest BCUT2D eigenvalue weighted by atomic mass is 127. The van der Waals surface area contributed by atoms with Crippen LogP contribution in [0.3, 0.4) is 0 Å². The number of benzene rings is 2. The van der Waals surface area contributed by atoms with Crippen LogP contribution in [0.1, 0.15) is 12.5 Å². The van der Waals surface area contributed by atoms with Crippen molar-refractivity contribution in [1.29, 1.82) is 0 Å². The van der Waals surface area contributed by atoms with Crippen LogP contribution in [0, 0.1) is 0 Å². The molecule has 2 aromatic carbocycles. The number of morpholine rings is 1. The summed E-state index contributed by atoms with van der Waals surface area (Å²) in [7, 11) is 0. The maximum absolute atomic E-state index is 6.07. The smallest absolute Gasteiger partial charge is 0.191 e. The lowest BCUT2D eigenvalue weighted by Crippen LogP contribution is -2.39. The van der Waals surface area contributed by atoms with Gasteiger partial charge in [-0.15, -0.1) is 24.0 Å². The molecule has 1 aliphatic heterocycles. The average Bonchev–Trinajstić information content (AvgIpc) is 2.82. The molecular weight excluding hydrogens is 519 g/mol. The van der Waals surface area contributed by atoms with Gasteiger partial charge >= 0.3 is 0 Å². The first-order chi connectivity index (χ1) is 15.3. The van der Waals surface area contributed by atoms with E-state index in [9.17, 15) is 0 Å². The molecule has 0 aromatic heterocycles. The van der Waals surface area contributed by atoms with Crippen molar-refractivity contribution in [2.24, 2.45) is 4.99 Å². The first-order valence-electron chi connectivity index (χ1n) is 11.1. The molecule has 3 rings (SSSR count). The predicted octanol–water partition coefficient (Wildman–Crippen LogP) is 3.15. The minimum Gasteiger partial charge on any atom is -0.492 e. The van der Waals surface area contributed by atoms with E-state index >= 15 is 0 Å². The number of rotatable bonds is 11. The van der Waals surface area contributed by atoms with Crippen molar-refractivity contribution < 1.29 is 14.2 Å². The number of guanidine groups is 1. The lowest BCUT2D eigenvalue weighted by molar-refractivity contribution is 0.0322. The zero-order valence-corrected chi connectivity index (χ0v) is 21.1. The van der Waals surface area contributed by atoms with Crippen LogP contribution in [-0.2, 0) is 11.3 Å². The number of hydrogen-bond acceptors (Lipinski definition) is 5. The molecule has 176 valence electrons. The largest absolute Gasteiger partial charge is 0.492 e. The van der Waals surface area contributed by atoms with Crippen LogP contribution in [0.5, 0.6) is 11.5 Å². The summed E-state index contributed by atoms with van der Waals surface area (Å²) in [5.74, 6) is 2.53. The van der Waals surface area contributed by atoms with Crippen molar-refractivity contribution in [3.63, 3.8) is 0 Å². The van der Waals surface area contributed by atoms with Crippen LogP contribution >= 0.6 is 24.0 Å². The van der Waals surface area contributed by atoms with Crippen molar-refractivity contribution in [3.8, 4) is 11.5 Å². The van der Waals surface area contributed by atoms with Crippen LogP contribution in [0.4, 0.5) is 0 Å². The Morgan fingerprint density at radius 1 is 0.969 bits per heavy atom. The summed E-state index contributed by atoms with van der Waals surface area (Å²) in [6.45, 7) is 9.76. The average molecular weight is 554 g/mol. The third-order valence-corrected chi connectivity index (χ3v) is 4.90. The molecule has 0 bridgehead atoms. The Balaban J connectivity index is 0.00000363. The van der Waals surface area contributed by atoms with Gasteiger partial charge in [0.2, 0.25) is 0 Å². The van der Waals surface area contributed by atoms with Gasteiger partial charge in [0, 0.05) is 31.7 Å². The normalized spacial score (nSPS) is 14.3. The van der Waals surface area contributed by atoms with Gasteiger partial charge in [-0.25, -0.2) is 4.99 Å². The van der Waals surface area contributed by atoms with Crippen LogP contribution in [0.15, 0.2) is 59.6 Å². The Morgan fingerprint density at radius 3 is 2.50 bits per heavy atom. The molecule has 7 nitrogen and oxygen atoms in total. The van der Waals surface area contributed by atoms with Gasteiger partial charge in [-0.3, -0.25) is 4.90 Å². The first kappa shape index (κ1) is 26.2. The van der Waals surface area contributed by atoms with Crippen LogP contribution in [0.25, 0.3) is 0 Å². The molecule has 0 radical (unpaired) electrons. The third-order valence-electron chi connectivity index (χ3n) is 4.90. The Kier molecular flexibility index (Phi) is 12.9. The van der Waals surface area contributed by atoms with E-state index in [-0.39, 0.29) is 24.0 Å². The van der Waals surface area contributed by atoms with Crippen molar-refractivity contribution in [3.05, 3.63) is 60.2 Å². The molecule has 2 N–H and O–H groups in total. The van der Waals surface area contributed by atoms with E-state index in [1.807, 2.05) is 48.5 Å². The summed E-state index contributed by atoms with van der Waals surface area (Å²) in [5, 5.41) is 6.60. The van der Waals surface area contributed by atoms with E-state index in [1.54, 1.807) is 0 Å². The number of hydrogen-bond donors (Lipinski definition) is 2. The zero-order chi connectivity index (χ0) is 21.6. The highest BCUT2D eigenvalue weighted by Gasteiger charge is 2.10. The molecule has 0 amide bonds. The van der Waals surface area contributed by atoms with E-state index in [2.05, 4.69) is 28.5 Å².